The first-order chi connectivity index (χ1) is 27.3. The maximum atomic E-state index is 15.3. The average molecular weight is 755 g/mol. The summed E-state index contributed by atoms with van der Waals surface area (Å²) in [5, 5.41) is 10.2. The van der Waals surface area contributed by atoms with Crippen molar-refractivity contribution >= 4 is 45.7 Å². The fraction of sp³-hybridized carbons (Fsp3) is 0.386. The first kappa shape index (κ1) is 36.0. The smallest absolute Gasteiger partial charge is 0.237 e. The number of imide groups is 1. The zero-order chi connectivity index (χ0) is 38.2. The molecule has 5 aromatic rings. The van der Waals surface area contributed by atoms with Gasteiger partial charge in [0.05, 0.1) is 17.1 Å². The number of nitrogens with one attached hydrogen (secondary N) is 3. The minimum atomic E-state index is -0.474. The standard InChI is InChI=1S/C44H47FN8O3/c1-27-36(25-47-43-41(27)46-16-21-56-43)32-2-3-33-24-48-44(50-38(33)23-32)49-34-7-4-29(5-8-34)30-14-17-52(18-15-30)26-28-12-19-53(20-13-28)39-10-6-31(22-37(39)45)35-9-11-40(54)51-42(35)55/h2-8,10,22-25,28,30,35,46H,9,11-21,26H2,1H3,(H,48,49,50)(H,51,54,55). The first-order valence-corrected chi connectivity index (χ1v) is 20.0. The van der Waals surface area contributed by atoms with Gasteiger partial charge in [-0.3, -0.25) is 14.9 Å². The molecular formula is C44H47FN8O3. The lowest BCUT2D eigenvalue weighted by molar-refractivity contribution is -0.134. The summed E-state index contributed by atoms with van der Waals surface area (Å²) in [7, 11) is 0. The second kappa shape index (κ2) is 15.5. The van der Waals surface area contributed by atoms with E-state index < -0.39 is 5.92 Å². The van der Waals surface area contributed by atoms with Crippen molar-refractivity contribution in [3.8, 4) is 17.0 Å². The summed E-state index contributed by atoms with van der Waals surface area (Å²) in [6.07, 6.45) is 8.77. The molecule has 0 spiro atoms. The number of piperidine rings is 3. The molecule has 9 rings (SSSR count). The summed E-state index contributed by atoms with van der Waals surface area (Å²) >= 11 is 0. The number of rotatable bonds is 8. The van der Waals surface area contributed by atoms with Gasteiger partial charge in [-0.2, -0.15) is 0 Å². The van der Waals surface area contributed by atoms with Gasteiger partial charge < -0.3 is 25.2 Å². The van der Waals surface area contributed by atoms with Crippen LogP contribution < -0.4 is 25.6 Å². The number of carbonyl (C=O) groups excluding carboxylic acids is 2. The molecule has 1 atom stereocenters. The summed E-state index contributed by atoms with van der Waals surface area (Å²) in [5.41, 5.74) is 8.58. The van der Waals surface area contributed by atoms with Gasteiger partial charge in [-0.1, -0.05) is 30.3 Å². The molecule has 4 aliphatic rings. The summed E-state index contributed by atoms with van der Waals surface area (Å²) in [5.74, 6) is 0.981. The van der Waals surface area contributed by atoms with Crippen LogP contribution in [-0.2, 0) is 9.59 Å². The number of halogens is 1. The molecule has 12 heteroatoms. The molecule has 2 amide bonds. The van der Waals surface area contributed by atoms with Gasteiger partial charge in [0.1, 0.15) is 18.1 Å². The fourth-order valence-corrected chi connectivity index (χ4v) is 8.91. The Kier molecular flexibility index (Phi) is 9.97. The number of carbonyl (C=O) groups is 2. The molecule has 0 saturated carbocycles. The van der Waals surface area contributed by atoms with E-state index in [4.69, 9.17) is 9.72 Å². The SMILES string of the molecule is Cc1c(-c2ccc3cnc(Nc4ccc(C5CCN(CC6CCN(c7ccc(C8CCC(=O)NC8=O)cc7F)CC6)CC5)cc4)nc3c2)cnc2c1NCCO2. The predicted molar refractivity (Wildman–Crippen MR) is 216 cm³/mol. The second-order valence-corrected chi connectivity index (χ2v) is 15.7. The lowest BCUT2D eigenvalue weighted by Gasteiger charge is -2.38. The van der Waals surface area contributed by atoms with Crippen molar-refractivity contribution in [1.82, 2.24) is 25.2 Å². The molecule has 3 fully saturated rings. The molecule has 3 aromatic carbocycles. The van der Waals surface area contributed by atoms with Crippen molar-refractivity contribution in [1.29, 1.82) is 0 Å². The van der Waals surface area contributed by atoms with E-state index in [1.165, 1.54) is 11.6 Å². The summed E-state index contributed by atoms with van der Waals surface area (Å²) < 4.78 is 21.0. The highest BCUT2D eigenvalue weighted by molar-refractivity contribution is 6.01. The van der Waals surface area contributed by atoms with E-state index in [0.717, 1.165) is 104 Å². The largest absolute Gasteiger partial charge is 0.474 e. The second-order valence-electron chi connectivity index (χ2n) is 15.7. The van der Waals surface area contributed by atoms with E-state index in [2.05, 4.69) is 85.1 Å². The topological polar surface area (TPSA) is 125 Å². The third-order valence-electron chi connectivity index (χ3n) is 12.2. The molecule has 0 radical (unpaired) electrons. The Balaban J connectivity index is 0.756. The van der Waals surface area contributed by atoms with Crippen LogP contribution in [0.4, 0.5) is 27.4 Å². The van der Waals surface area contributed by atoms with Gasteiger partial charge in [0.2, 0.25) is 23.6 Å². The van der Waals surface area contributed by atoms with Crippen molar-refractivity contribution in [3.05, 3.63) is 95.6 Å². The number of ether oxygens (including phenoxy) is 1. The van der Waals surface area contributed by atoms with Crippen LogP contribution in [0.5, 0.6) is 5.88 Å². The molecule has 288 valence electrons. The molecule has 1 unspecified atom stereocenters. The van der Waals surface area contributed by atoms with E-state index in [1.54, 1.807) is 6.07 Å². The average Bonchev–Trinajstić information content (AvgIpc) is 3.22. The normalized spacial score (nSPS) is 19.6. The van der Waals surface area contributed by atoms with Crippen LogP contribution in [0.25, 0.3) is 22.0 Å². The number of benzene rings is 3. The monoisotopic (exact) mass is 754 g/mol. The van der Waals surface area contributed by atoms with Crippen molar-refractivity contribution in [2.24, 2.45) is 5.92 Å². The molecule has 4 aliphatic heterocycles. The van der Waals surface area contributed by atoms with Crippen LogP contribution >= 0.6 is 0 Å². The molecule has 11 nitrogen and oxygen atoms in total. The van der Waals surface area contributed by atoms with E-state index in [-0.39, 0.29) is 24.1 Å². The quantitative estimate of drug-likeness (QED) is 0.139. The molecule has 0 aliphatic carbocycles. The molecule has 3 saturated heterocycles. The Morgan fingerprint density at radius 3 is 2.48 bits per heavy atom. The van der Waals surface area contributed by atoms with Crippen LogP contribution in [0.15, 0.2) is 73.1 Å². The van der Waals surface area contributed by atoms with Gasteiger partial charge in [0.25, 0.3) is 0 Å². The molecule has 2 aromatic heterocycles. The fourth-order valence-electron chi connectivity index (χ4n) is 8.91. The van der Waals surface area contributed by atoms with E-state index in [0.29, 0.717) is 47.9 Å². The lowest BCUT2D eigenvalue weighted by Crippen LogP contribution is -2.41. The highest BCUT2D eigenvalue weighted by Crippen LogP contribution is 2.37. The number of hydrogen-bond acceptors (Lipinski definition) is 10. The van der Waals surface area contributed by atoms with Crippen LogP contribution in [0, 0.1) is 18.7 Å². The third-order valence-corrected chi connectivity index (χ3v) is 12.2. The minimum absolute atomic E-state index is 0.260. The van der Waals surface area contributed by atoms with Gasteiger partial charge in [-0.25, -0.2) is 19.3 Å². The maximum Gasteiger partial charge on any atom is 0.237 e. The number of nitrogens with zero attached hydrogens (tertiary/aromatic N) is 5. The Morgan fingerprint density at radius 1 is 0.893 bits per heavy atom. The molecular weight excluding hydrogens is 708 g/mol. The Hall–Kier alpha value is -5.62. The molecule has 56 heavy (non-hydrogen) atoms. The highest BCUT2D eigenvalue weighted by Gasteiger charge is 2.30. The van der Waals surface area contributed by atoms with Gasteiger partial charge >= 0.3 is 0 Å². The van der Waals surface area contributed by atoms with Crippen LogP contribution in [0.1, 0.15) is 67.1 Å². The van der Waals surface area contributed by atoms with Gasteiger partial charge in [-0.05, 0) is 117 Å². The van der Waals surface area contributed by atoms with Crippen molar-refractivity contribution in [2.45, 2.75) is 57.3 Å². The van der Waals surface area contributed by atoms with E-state index in [1.807, 2.05) is 18.5 Å². The third kappa shape index (κ3) is 7.49. The van der Waals surface area contributed by atoms with Crippen molar-refractivity contribution in [2.75, 3.05) is 61.4 Å². The molecule has 3 N–H and O–H groups in total. The minimum Gasteiger partial charge on any atom is -0.474 e. The van der Waals surface area contributed by atoms with Crippen LogP contribution in [-0.4, -0.2) is 77.5 Å². The Labute approximate surface area is 326 Å². The van der Waals surface area contributed by atoms with Crippen LogP contribution in [0.2, 0.25) is 0 Å². The summed E-state index contributed by atoms with van der Waals surface area (Å²) in [4.78, 5) is 42.5. The number of pyridine rings is 1. The predicted octanol–water partition coefficient (Wildman–Crippen LogP) is 7.30. The summed E-state index contributed by atoms with van der Waals surface area (Å²) in [6, 6.07) is 20.1. The first-order valence-electron chi connectivity index (χ1n) is 20.0. The van der Waals surface area contributed by atoms with Gasteiger partial charge in [0, 0.05) is 61.6 Å². The van der Waals surface area contributed by atoms with Crippen molar-refractivity contribution in [3.63, 3.8) is 0 Å². The van der Waals surface area contributed by atoms with Gasteiger partial charge in [-0.15, -0.1) is 0 Å². The number of aromatic nitrogens is 3. The Bertz CT molecular complexity index is 2270. The Morgan fingerprint density at radius 2 is 1.70 bits per heavy atom. The number of likely N-dealkylation sites (tertiary alicyclic amines) is 1. The summed E-state index contributed by atoms with van der Waals surface area (Å²) in [6.45, 7) is 8.37. The number of anilines is 4. The van der Waals surface area contributed by atoms with Crippen LogP contribution in [0.3, 0.4) is 0 Å². The number of fused-ring (bicyclic) bond motifs is 2. The number of amides is 2. The maximum absolute atomic E-state index is 15.3. The highest BCUT2D eigenvalue weighted by atomic mass is 19.1. The zero-order valence-corrected chi connectivity index (χ0v) is 31.7. The van der Waals surface area contributed by atoms with Crippen molar-refractivity contribution < 1.29 is 18.7 Å². The lowest BCUT2D eigenvalue weighted by atomic mass is 9.88. The van der Waals surface area contributed by atoms with E-state index in [9.17, 15) is 9.59 Å². The molecule has 6 heterocycles. The van der Waals surface area contributed by atoms with Gasteiger partial charge in [0.15, 0.2) is 0 Å². The molecule has 0 bridgehead atoms. The number of hydrogen-bond donors (Lipinski definition) is 3. The zero-order valence-electron chi connectivity index (χ0n) is 31.7. The van der Waals surface area contributed by atoms with E-state index >= 15 is 4.39 Å².